The van der Waals surface area contributed by atoms with Gasteiger partial charge in [0.15, 0.2) is 0 Å². The fourth-order valence-electron chi connectivity index (χ4n) is 4.68. The summed E-state index contributed by atoms with van der Waals surface area (Å²) in [4.78, 5) is 40.5. The van der Waals surface area contributed by atoms with Crippen LogP contribution < -0.4 is 5.32 Å². The molecule has 2 fully saturated rings. The molecule has 0 bridgehead atoms. The lowest BCUT2D eigenvalue weighted by atomic mass is 9.81. The zero-order valence-corrected chi connectivity index (χ0v) is 16.9. The number of amides is 4. The van der Waals surface area contributed by atoms with Crippen molar-refractivity contribution in [1.29, 1.82) is 0 Å². The second-order valence-corrected chi connectivity index (χ2v) is 8.10. The Bertz CT molecular complexity index is 929. The van der Waals surface area contributed by atoms with Crippen molar-refractivity contribution < 1.29 is 14.4 Å². The van der Waals surface area contributed by atoms with E-state index in [4.69, 9.17) is 0 Å². The molecule has 1 saturated heterocycles. The van der Waals surface area contributed by atoms with Crippen molar-refractivity contribution in [3.05, 3.63) is 36.5 Å². The molecule has 154 valence electrons. The first-order chi connectivity index (χ1) is 14.0. The molecule has 2 heterocycles. The number of likely N-dealkylation sites (N-methyl/N-ethyl adjacent to an activating group) is 1. The van der Waals surface area contributed by atoms with Crippen LogP contribution in [0, 0.1) is 0 Å². The highest BCUT2D eigenvalue weighted by Crippen LogP contribution is 2.39. The molecule has 0 unspecified atom stereocenters. The van der Waals surface area contributed by atoms with Crippen LogP contribution in [0.5, 0.6) is 0 Å². The lowest BCUT2D eigenvalue weighted by Gasteiger charge is -2.35. The number of fused-ring (bicyclic) bond motifs is 1. The maximum atomic E-state index is 12.9. The molecule has 1 saturated carbocycles. The molecular weight excluding hydrogens is 368 g/mol. The van der Waals surface area contributed by atoms with Gasteiger partial charge in [-0.3, -0.25) is 14.5 Å². The molecule has 7 heteroatoms. The predicted octanol–water partition coefficient (Wildman–Crippen LogP) is 2.74. The average Bonchev–Trinajstić information content (AvgIpc) is 3.22. The fourth-order valence-corrected chi connectivity index (χ4v) is 4.68. The number of aromatic nitrogens is 1. The molecule has 2 aromatic rings. The van der Waals surface area contributed by atoms with E-state index in [9.17, 15) is 14.4 Å². The van der Waals surface area contributed by atoms with Crippen LogP contribution in [0.2, 0.25) is 0 Å². The second kappa shape index (κ2) is 7.89. The van der Waals surface area contributed by atoms with Gasteiger partial charge < -0.3 is 14.8 Å². The third-order valence-corrected chi connectivity index (χ3v) is 6.36. The third kappa shape index (κ3) is 3.50. The van der Waals surface area contributed by atoms with Crippen molar-refractivity contribution in [2.75, 3.05) is 20.1 Å². The molecule has 0 atom stereocenters. The Balaban J connectivity index is 1.28. The Kier molecular flexibility index (Phi) is 5.30. The van der Waals surface area contributed by atoms with Crippen LogP contribution in [0.25, 0.3) is 10.9 Å². The summed E-state index contributed by atoms with van der Waals surface area (Å²) in [6.07, 6.45) is 7.18. The number of urea groups is 1. The molecule has 2 aliphatic rings. The number of nitrogens with one attached hydrogen (secondary N) is 1. The van der Waals surface area contributed by atoms with E-state index < -0.39 is 5.54 Å². The van der Waals surface area contributed by atoms with Gasteiger partial charge in [-0.2, -0.15) is 0 Å². The topological polar surface area (TPSA) is 74.7 Å². The van der Waals surface area contributed by atoms with Crippen molar-refractivity contribution in [3.8, 4) is 0 Å². The van der Waals surface area contributed by atoms with Gasteiger partial charge in [-0.15, -0.1) is 0 Å². The van der Waals surface area contributed by atoms with Crippen LogP contribution in [-0.4, -0.2) is 57.9 Å². The zero-order valence-electron chi connectivity index (χ0n) is 16.9. The molecule has 1 aliphatic heterocycles. The van der Waals surface area contributed by atoms with Gasteiger partial charge in [0.1, 0.15) is 12.1 Å². The summed E-state index contributed by atoms with van der Waals surface area (Å²) in [5.74, 6) is -0.496. The number of para-hydroxylation sites is 1. The molecule has 1 aliphatic carbocycles. The van der Waals surface area contributed by atoms with Crippen molar-refractivity contribution in [2.45, 2.75) is 50.6 Å². The molecule has 1 aromatic carbocycles. The summed E-state index contributed by atoms with van der Waals surface area (Å²) in [7, 11) is 1.69. The maximum Gasteiger partial charge on any atom is 0.327 e. The van der Waals surface area contributed by atoms with Crippen LogP contribution >= 0.6 is 0 Å². The van der Waals surface area contributed by atoms with Gasteiger partial charge in [-0.25, -0.2) is 4.79 Å². The van der Waals surface area contributed by atoms with Crippen molar-refractivity contribution in [1.82, 2.24) is 19.7 Å². The van der Waals surface area contributed by atoms with Crippen LogP contribution in [0.3, 0.4) is 0 Å². The van der Waals surface area contributed by atoms with Crippen LogP contribution in [-0.2, 0) is 16.1 Å². The second-order valence-electron chi connectivity index (χ2n) is 8.10. The molecule has 29 heavy (non-hydrogen) atoms. The predicted molar refractivity (Wildman–Crippen MR) is 110 cm³/mol. The smallest absolute Gasteiger partial charge is 0.327 e. The molecular formula is C22H28N4O3. The standard InChI is InChI=1S/C22H28N4O3/c1-24-21(29)26(20(28)22(24)11-5-2-6-12-22)16-19(27)23-13-7-14-25-15-10-17-8-3-4-9-18(17)25/h3-4,8-10,15H,2,5-7,11-14,16H2,1H3,(H,23,27). The molecule has 0 radical (unpaired) electrons. The van der Waals surface area contributed by atoms with Crippen molar-refractivity contribution in [2.24, 2.45) is 0 Å². The Morgan fingerprint density at radius 3 is 2.66 bits per heavy atom. The Hall–Kier alpha value is -2.83. The molecule has 7 nitrogen and oxygen atoms in total. The lowest BCUT2D eigenvalue weighted by Crippen LogP contribution is -2.49. The maximum absolute atomic E-state index is 12.9. The van der Waals surface area contributed by atoms with E-state index in [1.807, 2.05) is 18.3 Å². The summed E-state index contributed by atoms with van der Waals surface area (Å²) in [5.41, 5.74) is 0.443. The minimum Gasteiger partial charge on any atom is -0.354 e. The van der Waals surface area contributed by atoms with E-state index in [0.29, 0.717) is 19.4 Å². The summed E-state index contributed by atoms with van der Waals surface area (Å²) < 4.78 is 2.16. The van der Waals surface area contributed by atoms with E-state index in [1.165, 1.54) is 10.9 Å². The van der Waals surface area contributed by atoms with Crippen LogP contribution in [0.1, 0.15) is 38.5 Å². The summed E-state index contributed by atoms with van der Waals surface area (Å²) in [6, 6.07) is 9.91. The first-order valence-corrected chi connectivity index (χ1v) is 10.4. The average molecular weight is 396 g/mol. The largest absolute Gasteiger partial charge is 0.354 e. The molecule has 4 rings (SSSR count). The minimum atomic E-state index is -0.731. The van der Waals surface area contributed by atoms with Gasteiger partial charge in [0.05, 0.1) is 0 Å². The van der Waals surface area contributed by atoms with Crippen molar-refractivity contribution in [3.63, 3.8) is 0 Å². The molecule has 1 aromatic heterocycles. The summed E-state index contributed by atoms with van der Waals surface area (Å²) >= 11 is 0. The van der Waals surface area contributed by atoms with Crippen LogP contribution in [0.15, 0.2) is 36.5 Å². The van der Waals surface area contributed by atoms with Gasteiger partial charge in [0.25, 0.3) is 5.91 Å². The van der Waals surface area contributed by atoms with Gasteiger partial charge in [-0.1, -0.05) is 37.5 Å². The van der Waals surface area contributed by atoms with Gasteiger partial charge in [-0.05, 0) is 36.8 Å². The number of aryl methyl sites for hydroxylation is 1. The SMILES string of the molecule is CN1C(=O)N(CC(=O)NCCCn2ccc3ccccc32)C(=O)C12CCCCC2. The normalized spacial score (nSPS) is 18.8. The van der Waals surface area contributed by atoms with Gasteiger partial charge >= 0.3 is 6.03 Å². The number of benzene rings is 1. The quantitative estimate of drug-likeness (QED) is 0.603. The van der Waals surface area contributed by atoms with E-state index >= 15 is 0 Å². The zero-order chi connectivity index (χ0) is 20.4. The fraction of sp³-hybridized carbons (Fsp3) is 0.500. The lowest BCUT2D eigenvalue weighted by molar-refractivity contribution is -0.137. The number of hydrogen-bond acceptors (Lipinski definition) is 3. The van der Waals surface area contributed by atoms with Crippen molar-refractivity contribution >= 4 is 28.7 Å². The Morgan fingerprint density at radius 1 is 1.10 bits per heavy atom. The van der Waals surface area contributed by atoms with E-state index in [-0.39, 0.29) is 24.4 Å². The molecule has 1 spiro atoms. The minimum absolute atomic E-state index is 0.198. The number of nitrogens with zero attached hydrogens (tertiary/aromatic N) is 3. The highest BCUT2D eigenvalue weighted by atomic mass is 16.2. The molecule has 1 N–H and O–H groups in total. The number of carbonyl (C=O) groups is 3. The highest BCUT2D eigenvalue weighted by molar-refractivity contribution is 6.08. The number of hydrogen-bond donors (Lipinski definition) is 1. The highest BCUT2D eigenvalue weighted by Gasteiger charge is 2.55. The van der Waals surface area contributed by atoms with E-state index in [0.717, 1.165) is 37.1 Å². The third-order valence-electron chi connectivity index (χ3n) is 6.36. The summed E-state index contributed by atoms with van der Waals surface area (Å²) in [5, 5.41) is 4.05. The van der Waals surface area contributed by atoms with Gasteiger partial charge in [0.2, 0.25) is 5.91 Å². The Labute approximate surface area is 170 Å². The number of imide groups is 1. The van der Waals surface area contributed by atoms with E-state index in [2.05, 4.69) is 28.1 Å². The monoisotopic (exact) mass is 396 g/mol. The Morgan fingerprint density at radius 2 is 1.86 bits per heavy atom. The summed E-state index contributed by atoms with van der Waals surface area (Å²) in [6.45, 7) is 1.10. The van der Waals surface area contributed by atoms with E-state index in [1.54, 1.807) is 11.9 Å². The number of carbonyl (C=O) groups excluding carboxylic acids is 3. The number of rotatable bonds is 6. The van der Waals surface area contributed by atoms with Crippen LogP contribution in [0.4, 0.5) is 4.79 Å². The van der Waals surface area contributed by atoms with Gasteiger partial charge in [0, 0.05) is 31.9 Å². The first kappa shape index (κ1) is 19.5. The first-order valence-electron chi connectivity index (χ1n) is 10.4. The molecule has 4 amide bonds.